The molecule has 0 aliphatic carbocycles. The molecule has 0 spiro atoms. The fourth-order valence-electron chi connectivity index (χ4n) is 3.44. The second-order valence-corrected chi connectivity index (χ2v) is 6.49. The molecule has 1 heterocycles. The Bertz CT molecular complexity index is 457. The SMILES string of the molecule is COc1cccc(N2CCCC(C(C)C)CC2)c1[C@H](C)O. The van der Waals surface area contributed by atoms with E-state index in [9.17, 15) is 5.11 Å². The highest BCUT2D eigenvalue weighted by Gasteiger charge is 2.23. The number of anilines is 1. The summed E-state index contributed by atoms with van der Waals surface area (Å²) in [4.78, 5) is 2.42. The first-order valence-corrected chi connectivity index (χ1v) is 8.14. The summed E-state index contributed by atoms with van der Waals surface area (Å²) in [5, 5.41) is 10.2. The molecular formula is C18H29NO2. The lowest BCUT2D eigenvalue weighted by Crippen LogP contribution is -2.26. The Kier molecular flexibility index (Phi) is 5.51. The van der Waals surface area contributed by atoms with Gasteiger partial charge in [-0.1, -0.05) is 19.9 Å². The first-order chi connectivity index (χ1) is 10.0. The summed E-state index contributed by atoms with van der Waals surface area (Å²) < 4.78 is 5.44. The molecule has 1 N–H and O–H groups in total. The van der Waals surface area contributed by atoms with E-state index in [1.54, 1.807) is 7.11 Å². The molecule has 118 valence electrons. The molecule has 0 bridgehead atoms. The Balaban J connectivity index is 2.25. The Morgan fingerprint density at radius 1 is 1.19 bits per heavy atom. The van der Waals surface area contributed by atoms with Crippen LogP contribution in [0.15, 0.2) is 18.2 Å². The molecule has 0 saturated carbocycles. The van der Waals surface area contributed by atoms with E-state index in [1.165, 1.54) is 19.3 Å². The molecule has 1 unspecified atom stereocenters. The lowest BCUT2D eigenvalue weighted by molar-refractivity contribution is 0.194. The number of aliphatic hydroxyl groups is 1. The summed E-state index contributed by atoms with van der Waals surface area (Å²) >= 11 is 0. The maximum Gasteiger partial charge on any atom is 0.126 e. The van der Waals surface area contributed by atoms with Crippen LogP contribution in [0.5, 0.6) is 5.75 Å². The lowest BCUT2D eigenvalue weighted by Gasteiger charge is -2.28. The second-order valence-electron chi connectivity index (χ2n) is 6.49. The topological polar surface area (TPSA) is 32.7 Å². The van der Waals surface area contributed by atoms with E-state index < -0.39 is 6.10 Å². The molecule has 0 aromatic heterocycles. The maximum absolute atomic E-state index is 10.2. The number of ether oxygens (including phenoxy) is 1. The molecule has 1 aromatic carbocycles. The molecule has 2 atom stereocenters. The summed E-state index contributed by atoms with van der Waals surface area (Å²) in [5.41, 5.74) is 2.05. The van der Waals surface area contributed by atoms with Gasteiger partial charge in [0.05, 0.1) is 13.2 Å². The van der Waals surface area contributed by atoms with Crippen LogP contribution in [0.4, 0.5) is 5.69 Å². The molecule has 2 rings (SSSR count). The van der Waals surface area contributed by atoms with Crippen LogP contribution in [0.3, 0.4) is 0 Å². The molecule has 21 heavy (non-hydrogen) atoms. The van der Waals surface area contributed by atoms with E-state index >= 15 is 0 Å². The highest BCUT2D eigenvalue weighted by Crippen LogP contribution is 2.36. The molecule has 1 fully saturated rings. The van der Waals surface area contributed by atoms with Crippen molar-refractivity contribution in [2.75, 3.05) is 25.1 Å². The summed E-state index contributed by atoms with van der Waals surface area (Å²) in [5.74, 6) is 2.36. The molecule has 1 aliphatic heterocycles. The minimum absolute atomic E-state index is 0.514. The van der Waals surface area contributed by atoms with E-state index in [-0.39, 0.29) is 0 Å². The quantitative estimate of drug-likeness (QED) is 0.909. The van der Waals surface area contributed by atoms with Gasteiger partial charge in [0.15, 0.2) is 0 Å². The van der Waals surface area contributed by atoms with Crippen molar-refractivity contribution in [3.05, 3.63) is 23.8 Å². The van der Waals surface area contributed by atoms with Crippen molar-refractivity contribution in [2.24, 2.45) is 11.8 Å². The fourth-order valence-corrected chi connectivity index (χ4v) is 3.44. The zero-order valence-corrected chi connectivity index (χ0v) is 13.8. The van der Waals surface area contributed by atoms with Gasteiger partial charge < -0.3 is 14.7 Å². The molecule has 3 heteroatoms. The molecule has 3 nitrogen and oxygen atoms in total. The van der Waals surface area contributed by atoms with E-state index in [1.807, 2.05) is 19.1 Å². The van der Waals surface area contributed by atoms with Gasteiger partial charge in [-0.25, -0.2) is 0 Å². The molecular weight excluding hydrogens is 262 g/mol. The van der Waals surface area contributed by atoms with E-state index in [0.717, 1.165) is 41.9 Å². The monoisotopic (exact) mass is 291 g/mol. The number of aliphatic hydroxyl groups excluding tert-OH is 1. The number of hydrogen-bond donors (Lipinski definition) is 1. The van der Waals surface area contributed by atoms with Crippen LogP contribution in [0.1, 0.15) is 51.7 Å². The summed E-state index contributed by atoms with van der Waals surface area (Å²) in [7, 11) is 1.67. The van der Waals surface area contributed by atoms with Crippen molar-refractivity contribution in [3.63, 3.8) is 0 Å². The van der Waals surface area contributed by atoms with Crippen LogP contribution in [-0.4, -0.2) is 25.3 Å². The predicted molar refractivity (Wildman–Crippen MR) is 88.0 cm³/mol. The lowest BCUT2D eigenvalue weighted by atomic mass is 9.89. The third-order valence-electron chi connectivity index (χ3n) is 4.74. The molecule has 0 amide bonds. The zero-order valence-electron chi connectivity index (χ0n) is 13.8. The Morgan fingerprint density at radius 2 is 1.95 bits per heavy atom. The fraction of sp³-hybridized carbons (Fsp3) is 0.667. The standard InChI is InChI=1S/C18H29NO2/c1-13(2)15-7-6-11-19(12-10-15)16-8-5-9-17(21-4)18(16)14(3)20/h5,8-9,13-15,20H,6-7,10-12H2,1-4H3/t14-,15?/m0/s1. The normalized spacial score (nSPS) is 21.2. The summed E-state index contributed by atoms with van der Waals surface area (Å²) in [6.07, 6.45) is 3.25. The summed E-state index contributed by atoms with van der Waals surface area (Å²) in [6, 6.07) is 6.06. The number of methoxy groups -OCH3 is 1. The number of hydrogen-bond acceptors (Lipinski definition) is 3. The average Bonchev–Trinajstić information content (AvgIpc) is 2.72. The van der Waals surface area contributed by atoms with Crippen LogP contribution >= 0.6 is 0 Å². The smallest absolute Gasteiger partial charge is 0.126 e. The van der Waals surface area contributed by atoms with Crippen LogP contribution < -0.4 is 9.64 Å². The second kappa shape index (κ2) is 7.17. The van der Waals surface area contributed by atoms with Gasteiger partial charge in [0, 0.05) is 24.3 Å². The van der Waals surface area contributed by atoms with Gasteiger partial charge in [-0.3, -0.25) is 0 Å². The average molecular weight is 291 g/mol. The highest BCUT2D eigenvalue weighted by molar-refractivity contribution is 5.60. The van der Waals surface area contributed by atoms with Gasteiger partial charge in [0.25, 0.3) is 0 Å². The summed E-state index contributed by atoms with van der Waals surface area (Å²) in [6.45, 7) is 8.60. The van der Waals surface area contributed by atoms with Crippen LogP contribution in [-0.2, 0) is 0 Å². The van der Waals surface area contributed by atoms with Crippen molar-refractivity contribution in [2.45, 2.75) is 46.1 Å². The zero-order chi connectivity index (χ0) is 15.4. The van der Waals surface area contributed by atoms with Crippen LogP contribution in [0, 0.1) is 11.8 Å². The molecule has 1 aromatic rings. The number of nitrogens with zero attached hydrogens (tertiary/aromatic N) is 1. The van der Waals surface area contributed by atoms with Gasteiger partial charge in [0.1, 0.15) is 5.75 Å². The van der Waals surface area contributed by atoms with Gasteiger partial charge in [0.2, 0.25) is 0 Å². The van der Waals surface area contributed by atoms with E-state index in [2.05, 4.69) is 24.8 Å². The third kappa shape index (κ3) is 3.70. The molecule has 1 saturated heterocycles. The molecule has 0 radical (unpaired) electrons. The Labute approximate surface area is 128 Å². The van der Waals surface area contributed by atoms with Crippen LogP contribution in [0.25, 0.3) is 0 Å². The maximum atomic E-state index is 10.2. The van der Waals surface area contributed by atoms with Crippen molar-refractivity contribution in [1.29, 1.82) is 0 Å². The van der Waals surface area contributed by atoms with Gasteiger partial charge in [-0.15, -0.1) is 0 Å². The first-order valence-electron chi connectivity index (χ1n) is 8.14. The number of rotatable bonds is 4. The highest BCUT2D eigenvalue weighted by atomic mass is 16.5. The third-order valence-corrected chi connectivity index (χ3v) is 4.74. The van der Waals surface area contributed by atoms with Gasteiger partial charge >= 0.3 is 0 Å². The largest absolute Gasteiger partial charge is 0.496 e. The minimum atomic E-state index is -0.514. The first kappa shape index (κ1) is 16.2. The van der Waals surface area contributed by atoms with Crippen LogP contribution in [0.2, 0.25) is 0 Å². The van der Waals surface area contributed by atoms with Crippen molar-refractivity contribution in [3.8, 4) is 5.75 Å². The minimum Gasteiger partial charge on any atom is -0.496 e. The van der Waals surface area contributed by atoms with E-state index in [0.29, 0.717) is 0 Å². The van der Waals surface area contributed by atoms with E-state index in [4.69, 9.17) is 4.74 Å². The Hall–Kier alpha value is -1.22. The number of benzene rings is 1. The molecule has 1 aliphatic rings. The predicted octanol–water partition coefficient (Wildman–Crippen LogP) is 4.01. The van der Waals surface area contributed by atoms with Gasteiger partial charge in [-0.2, -0.15) is 0 Å². The Morgan fingerprint density at radius 3 is 2.57 bits per heavy atom. The van der Waals surface area contributed by atoms with Crippen molar-refractivity contribution < 1.29 is 9.84 Å². The van der Waals surface area contributed by atoms with Crippen molar-refractivity contribution in [1.82, 2.24) is 0 Å². The van der Waals surface area contributed by atoms with Gasteiger partial charge in [-0.05, 0) is 50.2 Å². The van der Waals surface area contributed by atoms with Crippen molar-refractivity contribution >= 4 is 5.69 Å².